The fourth-order valence-electron chi connectivity index (χ4n) is 1.81. The molecule has 21 heavy (non-hydrogen) atoms. The standard InChI is InChI=1S/C14H13N3O4/c15-10(14(20)21)7-8-1-3-9(4-2-8)12(18)13(19)11-5-6-16-17-11/h1-4,6,10H,5,7,15H2,(H,20,21). The monoisotopic (exact) mass is 287 g/mol. The van der Waals surface area contributed by atoms with Crippen molar-refractivity contribution in [2.75, 3.05) is 0 Å². The molecule has 108 valence electrons. The van der Waals surface area contributed by atoms with Crippen LogP contribution >= 0.6 is 0 Å². The molecular formula is C14H13N3O4. The van der Waals surface area contributed by atoms with Gasteiger partial charge in [0.1, 0.15) is 11.8 Å². The van der Waals surface area contributed by atoms with E-state index in [4.69, 9.17) is 10.8 Å². The molecule has 1 aliphatic rings. The highest BCUT2D eigenvalue weighted by molar-refractivity contribution is 6.69. The number of carbonyl (C=O) groups is 3. The van der Waals surface area contributed by atoms with Crippen molar-refractivity contribution in [3.8, 4) is 0 Å². The third kappa shape index (κ3) is 3.46. The Balaban J connectivity index is 2.06. The molecule has 0 saturated carbocycles. The molecule has 0 bridgehead atoms. The Kier molecular flexibility index (Phi) is 4.34. The molecule has 0 saturated heterocycles. The highest BCUT2D eigenvalue weighted by Gasteiger charge is 2.23. The topological polar surface area (TPSA) is 122 Å². The maximum absolute atomic E-state index is 12.0. The van der Waals surface area contributed by atoms with Crippen LogP contribution in [0.15, 0.2) is 34.5 Å². The molecule has 0 radical (unpaired) electrons. The fourth-order valence-corrected chi connectivity index (χ4v) is 1.81. The molecule has 1 aromatic rings. The first-order valence-corrected chi connectivity index (χ1v) is 6.23. The van der Waals surface area contributed by atoms with Crippen molar-refractivity contribution in [3.05, 3.63) is 35.4 Å². The van der Waals surface area contributed by atoms with Gasteiger partial charge in [0.15, 0.2) is 0 Å². The van der Waals surface area contributed by atoms with Crippen molar-refractivity contribution in [1.29, 1.82) is 0 Å². The predicted molar refractivity (Wildman–Crippen MR) is 75.6 cm³/mol. The van der Waals surface area contributed by atoms with Gasteiger partial charge in [-0.3, -0.25) is 14.4 Å². The molecule has 0 spiro atoms. The Morgan fingerprint density at radius 1 is 1.19 bits per heavy atom. The zero-order valence-corrected chi connectivity index (χ0v) is 11.0. The minimum Gasteiger partial charge on any atom is -0.480 e. The molecular weight excluding hydrogens is 274 g/mol. The third-order valence-electron chi connectivity index (χ3n) is 3.00. The maximum atomic E-state index is 12.0. The number of ketones is 2. The average molecular weight is 287 g/mol. The van der Waals surface area contributed by atoms with E-state index in [1.165, 1.54) is 18.3 Å². The molecule has 1 aliphatic heterocycles. The van der Waals surface area contributed by atoms with Gasteiger partial charge in [-0.2, -0.15) is 10.2 Å². The first-order valence-electron chi connectivity index (χ1n) is 6.23. The molecule has 1 atom stereocenters. The van der Waals surface area contributed by atoms with E-state index in [9.17, 15) is 14.4 Å². The first kappa shape index (κ1) is 14.7. The lowest BCUT2D eigenvalue weighted by atomic mass is 10.00. The number of nitrogens with zero attached hydrogens (tertiary/aromatic N) is 2. The Morgan fingerprint density at radius 3 is 2.38 bits per heavy atom. The molecule has 0 fully saturated rings. The van der Waals surface area contributed by atoms with Crippen LogP contribution in [-0.2, 0) is 16.0 Å². The van der Waals surface area contributed by atoms with Crippen LogP contribution in [0.25, 0.3) is 0 Å². The van der Waals surface area contributed by atoms with Crippen LogP contribution < -0.4 is 5.73 Å². The SMILES string of the molecule is NC(Cc1ccc(C(=O)C(=O)C2=NN=CC2)cc1)C(=O)O. The van der Waals surface area contributed by atoms with Crippen LogP contribution in [0.1, 0.15) is 22.3 Å². The maximum Gasteiger partial charge on any atom is 0.320 e. The van der Waals surface area contributed by atoms with Gasteiger partial charge in [0, 0.05) is 18.2 Å². The third-order valence-corrected chi connectivity index (χ3v) is 3.00. The van der Waals surface area contributed by atoms with Crippen molar-refractivity contribution >= 4 is 29.5 Å². The lowest BCUT2D eigenvalue weighted by Crippen LogP contribution is -2.32. The van der Waals surface area contributed by atoms with Crippen LogP contribution in [0.5, 0.6) is 0 Å². The van der Waals surface area contributed by atoms with E-state index in [0.717, 1.165) is 0 Å². The summed E-state index contributed by atoms with van der Waals surface area (Å²) < 4.78 is 0. The lowest BCUT2D eigenvalue weighted by molar-refractivity contribution is -0.138. The van der Waals surface area contributed by atoms with Crippen molar-refractivity contribution < 1.29 is 19.5 Å². The van der Waals surface area contributed by atoms with Gasteiger partial charge in [-0.25, -0.2) is 0 Å². The number of carboxylic acid groups (broad SMARTS) is 1. The van der Waals surface area contributed by atoms with Gasteiger partial charge in [0.2, 0.25) is 11.6 Å². The van der Waals surface area contributed by atoms with Gasteiger partial charge < -0.3 is 10.8 Å². The van der Waals surface area contributed by atoms with Gasteiger partial charge in [-0.1, -0.05) is 24.3 Å². The molecule has 1 aromatic carbocycles. The van der Waals surface area contributed by atoms with Crippen LogP contribution in [0.2, 0.25) is 0 Å². The summed E-state index contributed by atoms with van der Waals surface area (Å²) in [4.78, 5) is 34.5. The highest BCUT2D eigenvalue weighted by atomic mass is 16.4. The number of hydrogen-bond acceptors (Lipinski definition) is 6. The van der Waals surface area contributed by atoms with E-state index in [-0.39, 0.29) is 24.1 Å². The summed E-state index contributed by atoms with van der Waals surface area (Å²) in [7, 11) is 0. The van der Waals surface area contributed by atoms with E-state index in [1.807, 2.05) is 0 Å². The molecule has 1 heterocycles. The summed E-state index contributed by atoms with van der Waals surface area (Å²) >= 11 is 0. The quantitative estimate of drug-likeness (QED) is 0.572. The molecule has 0 aliphatic carbocycles. The van der Waals surface area contributed by atoms with Gasteiger partial charge in [-0.05, 0) is 12.0 Å². The smallest absolute Gasteiger partial charge is 0.320 e. The number of rotatable bonds is 6. The van der Waals surface area contributed by atoms with Gasteiger partial charge >= 0.3 is 5.97 Å². The number of nitrogens with two attached hydrogens (primary N) is 1. The molecule has 0 aromatic heterocycles. The number of aliphatic carboxylic acids is 1. The normalized spacial score (nSPS) is 14.6. The number of hydrogen-bond donors (Lipinski definition) is 2. The van der Waals surface area contributed by atoms with E-state index < -0.39 is 23.6 Å². The van der Waals surface area contributed by atoms with Crippen molar-refractivity contribution in [2.45, 2.75) is 18.9 Å². The number of benzene rings is 1. The number of Topliss-reactive ketones (excluding diaryl/α,β-unsaturated/α-hetero) is 2. The van der Waals surface area contributed by atoms with E-state index in [1.54, 1.807) is 12.1 Å². The molecule has 7 heteroatoms. The molecule has 7 nitrogen and oxygen atoms in total. The second-order valence-corrected chi connectivity index (χ2v) is 4.55. The van der Waals surface area contributed by atoms with Gasteiger partial charge in [-0.15, -0.1) is 0 Å². The molecule has 3 N–H and O–H groups in total. The van der Waals surface area contributed by atoms with E-state index in [2.05, 4.69) is 10.2 Å². The number of carboxylic acids is 1. The van der Waals surface area contributed by atoms with Gasteiger partial charge in [0.25, 0.3) is 0 Å². The Morgan fingerprint density at radius 2 is 1.86 bits per heavy atom. The fraction of sp³-hybridized carbons (Fsp3) is 0.214. The van der Waals surface area contributed by atoms with Crippen LogP contribution in [-0.4, -0.2) is 40.6 Å². The van der Waals surface area contributed by atoms with Crippen molar-refractivity contribution in [3.63, 3.8) is 0 Å². The predicted octanol–water partition coefficient (Wildman–Crippen LogP) is 0.223. The Bertz CT molecular complexity index is 647. The van der Waals surface area contributed by atoms with Crippen molar-refractivity contribution in [2.24, 2.45) is 15.9 Å². The lowest BCUT2D eigenvalue weighted by Gasteiger charge is -2.07. The highest BCUT2D eigenvalue weighted by Crippen LogP contribution is 2.09. The summed E-state index contributed by atoms with van der Waals surface area (Å²) in [5.74, 6) is -2.43. The average Bonchev–Trinajstić information content (AvgIpc) is 3.00. The zero-order valence-electron chi connectivity index (χ0n) is 11.0. The van der Waals surface area contributed by atoms with Crippen LogP contribution in [0, 0.1) is 0 Å². The molecule has 2 rings (SSSR count). The Hall–Kier alpha value is -2.67. The van der Waals surface area contributed by atoms with E-state index >= 15 is 0 Å². The molecule has 0 amide bonds. The van der Waals surface area contributed by atoms with Crippen LogP contribution in [0.4, 0.5) is 0 Å². The summed E-state index contributed by atoms with van der Waals surface area (Å²) in [6.07, 6.45) is 1.87. The summed E-state index contributed by atoms with van der Waals surface area (Å²) in [5.41, 5.74) is 6.45. The summed E-state index contributed by atoms with van der Waals surface area (Å²) in [6.45, 7) is 0. The van der Waals surface area contributed by atoms with Gasteiger partial charge in [0.05, 0.1) is 0 Å². The zero-order chi connectivity index (χ0) is 15.4. The second kappa shape index (κ2) is 6.19. The Labute approximate surface area is 120 Å². The summed E-state index contributed by atoms with van der Waals surface area (Å²) in [6, 6.07) is 5.10. The number of carbonyl (C=O) groups excluding carboxylic acids is 2. The first-order chi connectivity index (χ1) is 9.99. The van der Waals surface area contributed by atoms with Crippen molar-refractivity contribution in [1.82, 2.24) is 0 Å². The van der Waals surface area contributed by atoms with E-state index in [0.29, 0.717) is 5.56 Å². The van der Waals surface area contributed by atoms with Crippen LogP contribution in [0.3, 0.4) is 0 Å². The summed E-state index contributed by atoms with van der Waals surface area (Å²) in [5, 5.41) is 15.9. The minimum atomic E-state index is -1.09. The largest absolute Gasteiger partial charge is 0.480 e. The minimum absolute atomic E-state index is 0.122. The second-order valence-electron chi connectivity index (χ2n) is 4.55. The molecule has 1 unspecified atom stereocenters.